The number of hydrogen-bond donors (Lipinski definition) is 1. The number of aliphatic carboxylic acids is 1. The van der Waals surface area contributed by atoms with Gasteiger partial charge in [0.2, 0.25) is 0 Å². The first-order chi connectivity index (χ1) is 10.1. The quantitative estimate of drug-likeness (QED) is 0.763. The van der Waals surface area contributed by atoms with Crippen LogP contribution in [-0.4, -0.2) is 48.1 Å². The number of carboxylic acid groups (broad SMARTS) is 1. The van der Waals surface area contributed by atoms with E-state index in [-0.39, 0.29) is 6.54 Å². The first-order valence-electron chi connectivity index (χ1n) is 6.83. The minimum Gasteiger partial charge on any atom is -0.480 e. The Bertz CT molecular complexity index is 540. The molecule has 1 N–H and O–H groups in total. The van der Waals surface area contributed by atoms with Gasteiger partial charge in [0, 0.05) is 13.7 Å². The number of hydrogen-bond acceptors (Lipinski definition) is 6. The summed E-state index contributed by atoms with van der Waals surface area (Å²) in [5.74, 6) is -0.680. The summed E-state index contributed by atoms with van der Waals surface area (Å²) in [7, 11) is 1.54. The number of anilines is 1. The van der Waals surface area contributed by atoms with E-state index < -0.39 is 5.97 Å². The second-order valence-corrected chi connectivity index (χ2v) is 4.45. The second-order valence-electron chi connectivity index (χ2n) is 4.45. The van der Waals surface area contributed by atoms with Gasteiger partial charge in [0.05, 0.1) is 12.3 Å². The van der Waals surface area contributed by atoms with E-state index in [9.17, 15) is 10.1 Å². The molecule has 0 atom stereocenters. The number of nitriles is 1. The van der Waals surface area contributed by atoms with Crippen molar-refractivity contribution in [2.24, 2.45) is 0 Å². The van der Waals surface area contributed by atoms with Gasteiger partial charge in [-0.15, -0.1) is 5.10 Å². The number of aryl methyl sites for hydroxylation is 1. The minimum absolute atomic E-state index is 0.249. The van der Waals surface area contributed by atoms with Crippen LogP contribution in [0.4, 0.5) is 5.82 Å². The Labute approximate surface area is 124 Å². The number of methoxy groups -OCH3 is 1. The molecule has 1 aromatic rings. The molecule has 1 heterocycles. The van der Waals surface area contributed by atoms with Crippen LogP contribution in [-0.2, 0) is 22.4 Å². The highest BCUT2D eigenvalue weighted by Gasteiger charge is 2.20. The third-order valence-corrected chi connectivity index (χ3v) is 3.13. The maximum absolute atomic E-state index is 11.0. The smallest absolute Gasteiger partial charge is 0.323 e. The van der Waals surface area contributed by atoms with Crippen molar-refractivity contribution in [3.63, 3.8) is 0 Å². The summed E-state index contributed by atoms with van der Waals surface area (Å²) < 4.78 is 4.98. The lowest BCUT2D eigenvalue weighted by atomic mass is 10.0. The Hall–Kier alpha value is -2.20. The van der Waals surface area contributed by atoms with Crippen molar-refractivity contribution >= 4 is 11.8 Å². The molecule has 7 nitrogen and oxygen atoms in total. The van der Waals surface area contributed by atoms with Crippen LogP contribution < -0.4 is 4.90 Å². The highest BCUT2D eigenvalue weighted by molar-refractivity contribution is 5.74. The summed E-state index contributed by atoms with van der Waals surface area (Å²) in [4.78, 5) is 12.5. The standard InChI is InChI=1S/C14H20N4O3/c1-4-10-11(8-15)14(17-16-12(10)5-2)18(6-7-21-3)9-13(19)20/h4-7,9H2,1-3H3,(H,19,20). The monoisotopic (exact) mass is 292 g/mol. The number of nitrogens with zero attached hydrogens (tertiary/aromatic N) is 4. The molecular weight excluding hydrogens is 272 g/mol. The van der Waals surface area contributed by atoms with Gasteiger partial charge in [-0.2, -0.15) is 10.4 Å². The lowest BCUT2D eigenvalue weighted by molar-refractivity contribution is -0.135. The highest BCUT2D eigenvalue weighted by Crippen LogP contribution is 2.23. The molecular formula is C14H20N4O3. The minimum atomic E-state index is -0.991. The zero-order chi connectivity index (χ0) is 15.8. The first kappa shape index (κ1) is 16.9. The molecule has 1 rings (SSSR count). The van der Waals surface area contributed by atoms with Gasteiger partial charge in [-0.05, 0) is 18.4 Å². The summed E-state index contributed by atoms with van der Waals surface area (Å²) in [6.07, 6.45) is 1.34. The van der Waals surface area contributed by atoms with Crippen LogP contribution >= 0.6 is 0 Å². The summed E-state index contributed by atoms with van der Waals surface area (Å²) in [6, 6.07) is 2.14. The third-order valence-electron chi connectivity index (χ3n) is 3.13. The summed E-state index contributed by atoms with van der Waals surface area (Å²) in [6.45, 7) is 4.32. The fourth-order valence-corrected chi connectivity index (χ4v) is 2.13. The maximum Gasteiger partial charge on any atom is 0.323 e. The van der Waals surface area contributed by atoms with Gasteiger partial charge >= 0.3 is 5.97 Å². The predicted octanol–water partition coefficient (Wildman–Crippen LogP) is 1.01. The zero-order valence-electron chi connectivity index (χ0n) is 12.6. The van der Waals surface area contributed by atoms with Crippen molar-refractivity contribution in [3.8, 4) is 6.07 Å². The molecule has 0 aliphatic carbocycles. The van der Waals surface area contributed by atoms with Crippen LogP contribution in [0.25, 0.3) is 0 Å². The fourth-order valence-electron chi connectivity index (χ4n) is 2.13. The molecule has 1 aromatic heterocycles. The van der Waals surface area contributed by atoms with Crippen molar-refractivity contribution in [2.45, 2.75) is 26.7 Å². The van der Waals surface area contributed by atoms with E-state index >= 15 is 0 Å². The second kappa shape index (κ2) is 8.17. The van der Waals surface area contributed by atoms with E-state index in [0.29, 0.717) is 37.4 Å². The first-order valence-corrected chi connectivity index (χ1v) is 6.83. The van der Waals surface area contributed by atoms with Crippen LogP contribution in [0.1, 0.15) is 30.7 Å². The van der Waals surface area contributed by atoms with Crippen molar-refractivity contribution in [1.29, 1.82) is 5.26 Å². The zero-order valence-corrected chi connectivity index (χ0v) is 12.6. The lowest BCUT2D eigenvalue weighted by Crippen LogP contribution is -2.34. The van der Waals surface area contributed by atoms with Gasteiger partial charge < -0.3 is 14.7 Å². The fraction of sp³-hybridized carbons (Fsp3) is 0.571. The molecule has 114 valence electrons. The number of ether oxygens (including phenoxy) is 1. The normalized spacial score (nSPS) is 10.2. The Morgan fingerprint density at radius 2 is 2.10 bits per heavy atom. The molecule has 0 saturated heterocycles. The molecule has 7 heteroatoms. The number of carboxylic acids is 1. The molecule has 0 bridgehead atoms. The van der Waals surface area contributed by atoms with Gasteiger partial charge in [0.15, 0.2) is 5.82 Å². The van der Waals surface area contributed by atoms with Crippen molar-refractivity contribution in [2.75, 3.05) is 31.7 Å². The van der Waals surface area contributed by atoms with Crippen LogP contribution in [0.5, 0.6) is 0 Å². The summed E-state index contributed by atoms with van der Waals surface area (Å²) in [5, 5.41) is 26.7. The third kappa shape index (κ3) is 4.13. The van der Waals surface area contributed by atoms with Crippen LogP contribution in [0.15, 0.2) is 0 Å². The molecule has 21 heavy (non-hydrogen) atoms. The Kier molecular flexibility index (Phi) is 6.56. The van der Waals surface area contributed by atoms with Crippen LogP contribution in [0, 0.1) is 11.3 Å². The van der Waals surface area contributed by atoms with E-state index in [1.165, 1.54) is 12.0 Å². The van der Waals surface area contributed by atoms with Crippen molar-refractivity contribution in [3.05, 3.63) is 16.8 Å². The molecule has 0 amide bonds. The van der Waals surface area contributed by atoms with Gasteiger partial charge in [-0.1, -0.05) is 13.8 Å². The molecule has 0 unspecified atom stereocenters. The van der Waals surface area contributed by atoms with Gasteiger partial charge in [0.1, 0.15) is 18.2 Å². The van der Waals surface area contributed by atoms with E-state index in [0.717, 1.165) is 11.3 Å². The van der Waals surface area contributed by atoms with Gasteiger partial charge in [0.25, 0.3) is 0 Å². The Morgan fingerprint density at radius 1 is 1.38 bits per heavy atom. The van der Waals surface area contributed by atoms with E-state index in [2.05, 4.69) is 16.3 Å². The maximum atomic E-state index is 11.0. The molecule has 0 aromatic carbocycles. The van der Waals surface area contributed by atoms with Crippen LogP contribution in [0.3, 0.4) is 0 Å². The van der Waals surface area contributed by atoms with Gasteiger partial charge in [-0.3, -0.25) is 4.79 Å². The highest BCUT2D eigenvalue weighted by atomic mass is 16.5. The molecule has 0 aliphatic heterocycles. The van der Waals surface area contributed by atoms with Crippen molar-refractivity contribution < 1.29 is 14.6 Å². The Morgan fingerprint density at radius 3 is 2.57 bits per heavy atom. The molecule has 0 aliphatic rings. The van der Waals surface area contributed by atoms with Crippen LogP contribution in [0.2, 0.25) is 0 Å². The van der Waals surface area contributed by atoms with Crippen molar-refractivity contribution in [1.82, 2.24) is 10.2 Å². The average molecular weight is 292 g/mol. The molecule has 0 fully saturated rings. The lowest BCUT2D eigenvalue weighted by Gasteiger charge is -2.23. The van der Waals surface area contributed by atoms with E-state index in [1.54, 1.807) is 0 Å². The number of carbonyl (C=O) groups is 1. The average Bonchev–Trinajstić information content (AvgIpc) is 2.49. The molecule has 0 radical (unpaired) electrons. The SMILES string of the molecule is CCc1nnc(N(CCOC)CC(=O)O)c(C#N)c1CC. The topological polar surface area (TPSA) is 99.3 Å². The van der Waals surface area contributed by atoms with E-state index in [1.807, 2.05) is 13.8 Å². The summed E-state index contributed by atoms with van der Waals surface area (Å²) in [5.41, 5.74) is 2.01. The molecule has 0 spiro atoms. The number of aromatic nitrogens is 2. The molecule has 0 saturated carbocycles. The summed E-state index contributed by atoms with van der Waals surface area (Å²) >= 11 is 0. The largest absolute Gasteiger partial charge is 0.480 e. The number of rotatable bonds is 8. The Balaban J connectivity index is 3.30. The van der Waals surface area contributed by atoms with Gasteiger partial charge in [-0.25, -0.2) is 0 Å². The predicted molar refractivity (Wildman–Crippen MR) is 77.2 cm³/mol. The van der Waals surface area contributed by atoms with E-state index in [4.69, 9.17) is 9.84 Å².